The molecule has 0 bridgehead atoms. The molecule has 0 saturated heterocycles. The summed E-state index contributed by atoms with van der Waals surface area (Å²) in [5.41, 5.74) is 0.400. The summed E-state index contributed by atoms with van der Waals surface area (Å²) in [5, 5.41) is 5.30. The molecule has 0 aromatic carbocycles. The molecule has 0 fully saturated rings. The van der Waals surface area contributed by atoms with Crippen molar-refractivity contribution in [2.75, 3.05) is 26.4 Å². The van der Waals surface area contributed by atoms with Gasteiger partial charge < -0.3 is 37.9 Å². The second-order valence-electron chi connectivity index (χ2n) is 12.2. The van der Waals surface area contributed by atoms with E-state index in [1.165, 1.54) is 21.5 Å². The van der Waals surface area contributed by atoms with E-state index in [9.17, 15) is 52.7 Å². The highest BCUT2D eigenvalue weighted by atomic mass is 32.1. The predicted molar refractivity (Wildman–Crippen MR) is 186 cm³/mol. The zero-order valence-corrected chi connectivity index (χ0v) is 33.0. The van der Waals surface area contributed by atoms with Crippen LogP contribution in [-0.2, 0) is 18.9 Å². The van der Waals surface area contributed by atoms with E-state index in [-0.39, 0.29) is 86.4 Å². The molecule has 4 aliphatic rings. The summed E-state index contributed by atoms with van der Waals surface area (Å²) in [6.45, 7) is -3.00. The molecule has 0 amide bonds. The first kappa shape index (κ1) is 42.2. The Morgan fingerprint density at radius 2 is 0.623 bits per heavy atom. The van der Waals surface area contributed by atoms with Crippen LogP contribution in [0.5, 0.6) is 46.0 Å². The smallest absolute Gasteiger partial charge is 0.482 e. The maximum Gasteiger partial charge on any atom is 0.525 e. The Morgan fingerprint density at radius 3 is 0.885 bits per heavy atom. The maximum atomic E-state index is 13.1. The fraction of sp³-hybridized carbons (Fsp3) is 0.375. The Bertz CT molecular complexity index is 2260. The molecule has 9 heterocycles. The third kappa shape index (κ3) is 8.79. The number of fused-ring (bicyclic) bond motifs is 4. The Balaban J connectivity index is 1.23. The predicted octanol–water partition coefficient (Wildman–Crippen LogP) is 11.2. The van der Waals surface area contributed by atoms with Gasteiger partial charge in [-0.1, -0.05) is 0 Å². The number of rotatable bonds is 8. The molecule has 12 nitrogen and oxygen atoms in total. The van der Waals surface area contributed by atoms with Gasteiger partial charge in [-0.3, -0.25) is 0 Å². The van der Waals surface area contributed by atoms with Gasteiger partial charge in [-0.15, -0.1) is 109 Å². The minimum Gasteiger partial charge on any atom is -0.482 e. The van der Waals surface area contributed by atoms with Gasteiger partial charge >= 0.3 is 25.4 Å². The van der Waals surface area contributed by atoms with Crippen LogP contribution in [-0.4, -0.2) is 77.0 Å². The van der Waals surface area contributed by atoms with Crippen molar-refractivity contribution in [1.82, 2.24) is 0 Å². The molecule has 61 heavy (non-hydrogen) atoms. The van der Waals surface area contributed by atoms with Crippen LogP contribution in [0.15, 0.2) is 21.5 Å². The minimum atomic E-state index is -5.10. The second-order valence-corrected chi connectivity index (χ2v) is 16.8. The van der Waals surface area contributed by atoms with Gasteiger partial charge in [-0.25, -0.2) is 18.9 Å². The lowest BCUT2D eigenvalue weighted by Gasteiger charge is -2.26. The van der Waals surface area contributed by atoms with Crippen molar-refractivity contribution in [3.8, 4) is 86.4 Å². The monoisotopic (exact) mass is 980 g/mol. The Labute approximate surface area is 350 Å². The van der Waals surface area contributed by atoms with E-state index in [1.54, 1.807) is 0 Å². The highest BCUT2D eigenvalue weighted by Gasteiger charge is 2.44. The summed E-state index contributed by atoms with van der Waals surface area (Å²) in [7, 11) is 0. The van der Waals surface area contributed by atoms with E-state index < -0.39 is 77.0 Å². The molecule has 5 aromatic rings. The van der Waals surface area contributed by atoms with Crippen molar-refractivity contribution in [3.05, 3.63) is 21.5 Å². The molecular formula is C32H16F12O12S5. The Morgan fingerprint density at radius 1 is 0.377 bits per heavy atom. The Kier molecular flexibility index (Phi) is 10.6. The average Bonchev–Trinajstić information content (AvgIpc) is 3.97. The lowest BCUT2D eigenvalue weighted by Crippen LogP contribution is -2.36. The summed E-state index contributed by atoms with van der Waals surface area (Å²) in [6.07, 6.45) is -28.0. The number of hydrogen-bond acceptors (Lipinski definition) is 17. The van der Waals surface area contributed by atoms with E-state index in [0.717, 1.165) is 56.7 Å². The van der Waals surface area contributed by atoms with Gasteiger partial charge in [0.1, 0.15) is 0 Å². The van der Waals surface area contributed by atoms with Gasteiger partial charge in [0, 0.05) is 32.6 Å². The molecule has 9 rings (SSSR count). The molecule has 0 spiro atoms. The number of hydrogen-bond donors (Lipinski definition) is 0. The summed E-state index contributed by atoms with van der Waals surface area (Å²) in [4.78, 5) is 1.34. The lowest BCUT2D eigenvalue weighted by molar-refractivity contribution is -0.372. The molecule has 0 saturated carbocycles. The van der Waals surface area contributed by atoms with Gasteiger partial charge in [0.15, 0.2) is 72.4 Å². The summed E-state index contributed by atoms with van der Waals surface area (Å²) in [5.74, 6) is -0.962. The van der Waals surface area contributed by atoms with Crippen LogP contribution < -0.4 is 37.9 Å². The van der Waals surface area contributed by atoms with Crippen molar-refractivity contribution in [3.63, 3.8) is 0 Å². The largest absolute Gasteiger partial charge is 0.525 e. The van der Waals surface area contributed by atoms with E-state index in [2.05, 4.69) is 18.9 Å². The van der Waals surface area contributed by atoms with Crippen molar-refractivity contribution >= 4 is 56.7 Å². The molecule has 4 aliphatic heterocycles. The standard InChI is InChI=1S/C32H16F12O12S5/c33-29(34,35)53-13-1-45-19-9(49-13)5-57-23(19)17-18(24-20-10(6-58-24)50-14(2-46-20)54-30(36,37)38)26(28-22-12(8-60-28)52-16(4-48-22)56-32(42,43)44)61-25(17)27-21-11(7-59-27)51-15(3-47-21)55-31(39,40)41/h5-8,13-16H,1-4H2. The molecule has 4 atom stereocenters. The first-order chi connectivity index (χ1) is 28.7. The Hall–Kier alpha value is -4.10. The lowest BCUT2D eigenvalue weighted by atomic mass is 10.0. The van der Waals surface area contributed by atoms with Crippen molar-refractivity contribution in [1.29, 1.82) is 0 Å². The van der Waals surface area contributed by atoms with Crippen LogP contribution in [0.25, 0.3) is 40.4 Å². The van der Waals surface area contributed by atoms with Gasteiger partial charge in [0.05, 0.1) is 29.3 Å². The summed E-state index contributed by atoms with van der Waals surface area (Å²) >= 11 is 4.69. The van der Waals surface area contributed by atoms with Crippen LogP contribution in [0.4, 0.5) is 52.7 Å². The highest BCUT2D eigenvalue weighted by Crippen LogP contribution is 2.65. The second kappa shape index (κ2) is 15.3. The average molecular weight is 981 g/mol. The van der Waals surface area contributed by atoms with Crippen LogP contribution in [0.1, 0.15) is 0 Å². The van der Waals surface area contributed by atoms with Crippen molar-refractivity contribution < 1.29 is 110 Å². The zero-order valence-electron chi connectivity index (χ0n) is 28.9. The molecule has 0 aliphatic carbocycles. The number of alkyl halides is 12. The SMILES string of the molecule is FC(F)(F)OC1COc2c(csc2-c2sc(-c3scc4c3OCC(OC(F)(F)F)O4)c(-c3scc4c3OCC(OC(F)(F)F)O4)c2-c2scc3c2OCC(OC(F)(F)F)O3)O1. The maximum absolute atomic E-state index is 13.1. The molecule has 29 heteroatoms. The normalized spacial score (nSPS) is 21.2. The van der Waals surface area contributed by atoms with E-state index in [4.69, 9.17) is 37.9 Å². The van der Waals surface area contributed by atoms with Gasteiger partial charge in [0.2, 0.25) is 25.2 Å². The first-order valence-corrected chi connectivity index (χ1v) is 20.8. The fourth-order valence-corrected chi connectivity index (χ4v) is 11.7. The molecule has 5 aromatic heterocycles. The highest BCUT2D eigenvalue weighted by molar-refractivity contribution is 7.28. The molecular weight excluding hydrogens is 965 g/mol. The van der Waals surface area contributed by atoms with Gasteiger partial charge in [-0.05, 0) is 0 Å². The van der Waals surface area contributed by atoms with Crippen molar-refractivity contribution in [2.24, 2.45) is 0 Å². The minimum absolute atomic E-state index is 0.0475. The fourth-order valence-electron chi connectivity index (χ4n) is 6.18. The third-order valence-electron chi connectivity index (χ3n) is 8.18. The van der Waals surface area contributed by atoms with Gasteiger partial charge in [-0.2, -0.15) is 0 Å². The third-order valence-corrected chi connectivity index (χ3v) is 13.5. The zero-order chi connectivity index (χ0) is 43.2. The van der Waals surface area contributed by atoms with E-state index in [0.29, 0.717) is 0 Å². The van der Waals surface area contributed by atoms with E-state index >= 15 is 0 Å². The van der Waals surface area contributed by atoms with Gasteiger partial charge in [0.25, 0.3) is 0 Å². The first-order valence-electron chi connectivity index (χ1n) is 16.5. The van der Waals surface area contributed by atoms with E-state index in [1.807, 2.05) is 0 Å². The molecule has 0 N–H and O–H groups in total. The molecule has 4 unspecified atom stereocenters. The summed E-state index contributed by atoms with van der Waals surface area (Å²) in [6, 6.07) is 0. The van der Waals surface area contributed by atoms with Crippen LogP contribution in [0, 0.1) is 0 Å². The molecule has 330 valence electrons. The number of halogens is 12. The summed E-state index contributed by atoms with van der Waals surface area (Å²) < 4.78 is 218. The quantitative estimate of drug-likeness (QED) is 0.138. The van der Waals surface area contributed by atoms with Crippen molar-refractivity contribution in [2.45, 2.75) is 50.6 Å². The number of ether oxygens (including phenoxy) is 12. The molecule has 0 radical (unpaired) electrons. The number of thiophene rings is 5. The van der Waals surface area contributed by atoms with Crippen LogP contribution >= 0.6 is 56.7 Å². The topological polar surface area (TPSA) is 111 Å². The van der Waals surface area contributed by atoms with Crippen LogP contribution in [0.2, 0.25) is 0 Å². The van der Waals surface area contributed by atoms with Crippen LogP contribution in [0.3, 0.4) is 0 Å².